The number of hydrogen-bond acceptors (Lipinski definition) is 3. The highest BCUT2D eigenvalue weighted by Crippen LogP contribution is 2.34. The summed E-state index contributed by atoms with van der Waals surface area (Å²) in [6, 6.07) is 0. The number of hydrogen-bond donors (Lipinski definition) is 1. The van der Waals surface area contributed by atoms with Crippen LogP contribution in [0.5, 0.6) is 0 Å². The van der Waals surface area contributed by atoms with Crippen LogP contribution >= 0.6 is 0 Å². The van der Waals surface area contributed by atoms with Crippen molar-refractivity contribution in [2.75, 3.05) is 45.9 Å². The first-order valence-electron chi connectivity index (χ1n) is 8.06. The predicted octanol–water partition coefficient (Wildman–Crippen LogP) is 2.51. The van der Waals surface area contributed by atoms with Gasteiger partial charge >= 0.3 is 0 Å². The molecule has 2 heterocycles. The van der Waals surface area contributed by atoms with Crippen molar-refractivity contribution in [2.45, 2.75) is 46.5 Å². The number of nitrogens with one attached hydrogen (secondary N) is 1. The Morgan fingerprint density at radius 3 is 2.47 bits per heavy atom. The molecule has 1 atom stereocenters. The fraction of sp³-hybridized carbons (Fsp3) is 1.00. The monoisotopic (exact) mass is 268 g/mol. The van der Waals surface area contributed by atoms with E-state index in [2.05, 4.69) is 31.0 Å². The third-order valence-corrected chi connectivity index (χ3v) is 4.88. The Hall–Kier alpha value is -0.120. The number of piperidine rings is 1. The van der Waals surface area contributed by atoms with Crippen molar-refractivity contribution in [2.24, 2.45) is 10.8 Å². The molecule has 0 aromatic heterocycles. The molecule has 0 spiro atoms. The van der Waals surface area contributed by atoms with Crippen molar-refractivity contribution in [3.05, 3.63) is 0 Å². The molecule has 3 nitrogen and oxygen atoms in total. The standard InChI is InChI=1S/C16H32N2O/c1-4-8-17-12-16(7-11-19-14-16)13-18-9-5-15(2,3)6-10-18/h17H,4-14H2,1-3H3. The molecular weight excluding hydrogens is 236 g/mol. The van der Waals surface area contributed by atoms with Gasteiger partial charge < -0.3 is 15.0 Å². The van der Waals surface area contributed by atoms with Gasteiger partial charge in [0, 0.05) is 25.1 Å². The van der Waals surface area contributed by atoms with Crippen LogP contribution in [-0.2, 0) is 4.74 Å². The smallest absolute Gasteiger partial charge is 0.0547 e. The molecule has 0 aromatic rings. The van der Waals surface area contributed by atoms with Crippen molar-refractivity contribution in [3.8, 4) is 0 Å². The summed E-state index contributed by atoms with van der Waals surface area (Å²) in [7, 11) is 0. The topological polar surface area (TPSA) is 24.5 Å². The first-order chi connectivity index (χ1) is 9.05. The molecular formula is C16H32N2O. The summed E-state index contributed by atoms with van der Waals surface area (Å²) in [4.78, 5) is 2.67. The van der Waals surface area contributed by atoms with Crippen LogP contribution in [0, 0.1) is 10.8 Å². The van der Waals surface area contributed by atoms with Crippen molar-refractivity contribution in [1.82, 2.24) is 10.2 Å². The van der Waals surface area contributed by atoms with Crippen molar-refractivity contribution < 1.29 is 4.74 Å². The van der Waals surface area contributed by atoms with Crippen LogP contribution in [0.3, 0.4) is 0 Å². The zero-order valence-electron chi connectivity index (χ0n) is 13.1. The van der Waals surface area contributed by atoms with Gasteiger partial charge in [-0.05, 0) is 50.7 Å². The quantitative estimate of drug-likeness (QED) is 0.749. The Balaban J connectivity index is 1.83. The summed E-state index contributed by atoms with van der Waals surface area (Å²) >= 11 is 0. The Bertz CT molecular complexity index is 262. The molecule has 0 bridgehead atoms. The SMILES string of the molecule is CCCNCC1(CN2CCC(C)(C)CC2)CCOC1. The lowest BCUT2D eigenvalue weighted by atomic mass is 9.80. The van der Waals surface area contributed by atoms with Crippen LogP contribution in [0.15, 0.2) is 0 Å². The average Bonchev–Trinajstić information content (AvgIpc) is 2.81. The van der Waals surface area contributed by atoms with Gasteiger partial charge in [-0.25, -0.2) is 0 Å². The molecule has 0 radical (unpaired) electrons. The summed E-state index contributed by atoms with van der Waals surface area (Å²) in [5.74, 6) is 0. The van der Waals surface area contributed by atoms with Crippen molar-refractivity contribution in [3.63, 3.8) is 0 Å². The van der Waals surface area contributed by atoms with Gasteiger partial charge in [0.1, 0.15) is 0 Å². The summed E-state index contributed by atoms with van der Waals surface area (Å²) < 4.78 is 5.71. The third-order valence-electron chi connectivity index (χ3n) is 4.88. The van der Waals surface area contributed by atoms with E-state index in [4.69, 9.17) is 4.74 Å². The number of ether oxygens (including phenoxy) is 1. The number of rotatable bonds is 6. The molecule has 0 aliphatic carbocycles. The lowest BCUT2D eigenvalue weighted by molar-refractivity contribution is 0.0691. The Morgan fingerprint density at radius 1 is 1.16 bits per heavy atom. The molecule has 0 saturated carbocycles. The maximum Gasteiger partial charge on any atom is 0.0547 e. The highest BCUT2D eigenvalue weighted by Gasteiger charge is 2.37. The maximum absolute atomic E-state index is 5.71. The van der Waals surface area contributed by atoms with E-state index in [1.54, 1.807) is 0 Å². The predicted molar refractivity (Wildman–Crippen MR) is 80.5 cm³/mol. The van der Waals surface area contributed by atoms with Gasteiger partial charge in [0.05, 0.1) is 6.61 Å². The fourth-order valence-electron chi connectivity index (χ4n) is 3.29. The largest absolute Gasteiger partial charge is 0.381 e. The molecule has 0 aromatic carbocycles. The van der Waals surface area contributed by atoms with E-state index in [0.717, 1.165) is 26.3 Å². The zero-order valence-corrected chi connectivity index (χ0v) is 13.1. The molecule has 3 heteroatoms. The van der Waals surface area contributed by atoms with E-state index in [1.165, 1.54) is 45.3 Å². The van der Waals surface area contributed by atoms with Crippen LogP contribution in [0.25, 0.3) is 0 Å². The lowest BCUT2D eigenvalue weighted by Crippen LogP contribution is -2.48. The molecule has 2 saturated heterocycles. The molecule has 2 aliphatic rings. The van der Waals surface area contributed by atoms with Gasteiger partial charge in [-0.15, -0.1) is 0 Å². The normalized spacial score (nSPS) is 31.7. The summed E-state index contributed by atoms with van der Waals surface area (Å²) in [6.07, 6.45) is 5.12. The Morgan fingerprint density at radius 2 is 1.89 bits per heavy atom. The van der Waals surface area contributed by atoms with E-state index < -0.39 is 0 Å². The number of likely N-dealkylation sites (tertiary alicyclic amines) is 1. The van der Waals surface area contributed by atoms with Crippen LogP contribution in [0.4, 0.5) is 0 Å². The van der Waals surface area contributed by atoms with Gasteiger partial charge in [-0.2, -0.15) is 0 Å². The van der Waals surface area contributed by atoms with Gasteiger partial charge in [0.25, 0.3) is 0 Å². The first-order valence-corrected chi connectivity index (χ1v) is 8.06. The summed E-state index contributed by atoms with van der Waals surface area (Å²) in [5.41, 5.74) is 0.924. The first kappa shape index (κ1) is 15.3. The van der Waals surface area contributed by atoms with E-state index in [-0.39, 0.29) is 0 Å². The fourth-order valence-corrected chi connectivity index (χ4v) is 3.29. The van der Waals surface area contributed by atoms with E-state index >= 15 is 0 Å². The van der Waals surface area contributed by atoms with Crippen molar-refractivity contribution in [1.29, 1.82) is 0 Å². The van der Waals surface area contributed by atoms with Gasteiger partial charge in [-0.1, -0.05) is 20.8 Å². The average molecular weight is 268 g/mol. The van der Waals surface area contributed by atoms with Crippen LogP contribution in [0.1, 0.15) is 46.5 Å². The van der Waals surface area contributed by atoms with Gasteiger partial charge in [-0.3, -0.25) is 0 Å². The third kappa shape index (κ3) is 4.44. The highest BCUT2D eigenvalue weighted by atomic mass is 16.5. The molecule has 0 amide bonds. The van der Waals surface area contributed by atoms with Crippen LogP contribution < -0.4 is 5.32 Å². The zero-order chi connectivity index (χ0) is 13.8. The minimum absolute atomic E-state index is 0.372. The van der Waals surface area contributed by atoms with Gasteiger partial charge in [0.15, 0.2) is 0 Å². The second-order valence-corrected chi connectivity index (χ2v) is 7.42. The second kappa shape index (κ2) is 6.55. The molecule has 2 aliphatic heterocycles. The Kier molecular flexibility index (Phi) is 5.27. The molecule has 2 fully saturated rings. The molecule has 2 rings (SSSR count). The minimum Gasteiger partial charge on any atom is -0.381 e. The second-order valence-electron chi connectivity index (χ2n) is 7.42. The lowest BCUT2D eigenvalue weighted by Gasteiger charge is -2.41. The maximum atomic E-state index is 5.71. The number of nitrogens with zero attached hydrogens (tertiary/aromatic N) is 1. The minimum atomic E-state index is 0.372. The molecule has 1 N–H and O–H groups in total. The van der Waals surface area contributed by atoms with Crippen LogP contribution in [0.2, 0.25) is 0 Å². The van der Waals surface area contributed by atoms with E-state index in [1.807, 2.05) is 0 Å². The van der Waals surface area contributed by atoms with E-state index in [0.29, 0.717) is 10.8 Å². The summed E-state index contributed by atoms with van der Waals surface area (Å²) in [6.45, 7) is 15.0. The molecule has 112 valence electrons. The van der Waals surface area contributed by atoms with E-state index in [9.17, 15) is 0 Å². The highest BCUT2D eigenvalue weighted by molar-refractivity contribution is 4.90. The van der Waals surface area contributed by atoms with Crippen LogP contribution in [-0.4, -0.2) is 50.8 Å². The molecule has 19 heavy (non-hydrogen) atoms. The van der Waals surface area contributed by atoms with Crippen molar-refractivity contribution >= 4 is 0 Å². The Labute approximate surface area is 119 Å². The van der Waals surface area contributed by atoms with Gasteiger partial charge in [0.2, 0.25) is 0 Å². The summed E-state index contributed by atoms with van der Waals surface area (Å²) in [5, 5.41) is 3.62. The molecule has 1 unspecified atom stereocenters.